The lowest BCUT2D eigenvalue weighted by atomic mass is 10.0. The van der Waals surface area contributed by atoms with Crippen LogP contribution in [-0.4, -0.2) is 226 Å². The predicted molar refractivity (Wildman–Crippen MR) is 376 cm³/mol. The molecule has 0 fully saturated rings. The molecular weight excluding hydrogens is 1300 g/mol. The number of aliphatic imine (C=N–C) groups is 7. The fraction of sp³-hybridized carbons (Fsp3) is 0.704. The molecule has 0 aromatic carbocycles. The number of hydrogen-bond acceptors (Lipinski definition) is 22. The first-order valence-electron chi connectivity index (χ1n) is 32.2. The normalized spacial score (nSPS) is 13.5. The van der Waals surface area contributed by atoms with Crippen molar-refractivity contribution in [3.63, 3.8) is 0 Å². The molecule has 0 saturated heterocycles. The fourth-order valence-corrected chi connectivity index (χ4v) is 9.10. The van der Waals surface area contributed by atoms with Crippen LogP contribution in [0.5, 0.6) is 0 Å². The highest BCUT2D eigenvalue weighted by Gasteiger charge is 2.35. The van der Waals surface area contributed by atoms with Crippen LogP contribution in [-0.2, 0) is 43.2 Å². The van der Waals surface area contributed by atoms with Gasteiger partial charge < -0.3 is 156 Å². The van der Waals surface area contributed by atoms with Gasteiger partial charge in [-0.05, 0) is 129 Å². The number of nitrogens with one attached hydrogen (secondary N) is 10. The molecule has 0 radical (unpaired) electrons. The first kappa shape index (κ1) is 88.9. The zero-order valence-corrected chi connectivity index (χ0v) is 56.2. The van der Waals surface area contributed by atoms with Crippen molar-refractivity contribution < 1.29 is 48.3 Å². The molecule has 0 aliphatic rings. The van der Waals surface area contributed by atoms with Crippen molar-refractivity contribution in [1.29, 1.82) is 0 Å². The summed E-state index contributed by atoms with van der Waals surface area (Å²) in [6.45, 7) is 0.528. The summed E-state index contributed by atoms with van der Waals surface area (Å²) in [6, 6.07) is -12.8. The third-order valence-corrected chi connectivity index (χ3v) is 14.1. The van der Waals surface area contributed by atoms with E-state index in [-0.39, 0.29) is 216 Å². The standard InChI is InChI=1S/C54H113N35O10/c55-28-73-19-2-11-31(83-41(93)33(14-5-23-77-50(63)64)86-42(94)32(13-4-22-76-49(61)62)84-39(91)30(12-3-21-75-48(59)60)82-38(90)29(56)10-1-20-74-47(57)58)40(92)85-34(15-6-24-78-51(65)66)43(95)87-35(16-7-25-79-52(67)68)44(96)88-36(17-8-26-80-53(69)70)45(97)89-37(46(98)99)18-9-27-81-54(71)72/h29-37,53,73,80H,1-28,55-56,69-70H2,(H,82,90)(H,83,93)(H,84,91)(H,85,92)(H,86,94)(H,87,95)(H,88,96)(H,89,97)(H,98,99)(H4,57,58,74)(H4,59,60,75)(H4,61,62,76)(H4,63,64,77)(H4,65,66,78)(H4,67,68,79)(H4,71,72,81)/t29-,30-,31-,32-,33-,34-,35-,36-,37-/m0/s1. The molecule has 0 bridgehead atoms. The van der Waals surface area contributed by atoms with Gasteiger partial charge in [-0.3, -0.25) is 78.6 Å². The van der Waals surface area contributed by atoms with Crippen molar-refractivity contribution in [2.24, 2.45) is 138 Å². The lowest BCUT2D eigenvalue weighted by Crippen LogP contribution is -2.60. The van der Waals surface area contributed by atoms with E-state index in [1.54, 1.807) is 0 Å². The SMILES string of the molecule is NCNCCC[C@H](NC(=O)[C@H](CCCN=C(N)N)NC(=O)[C@H](CCCN=C(N)N)NC(=O)[C@H](CCCN=C(N)N)NC(=O)[C@@H](N)CCCN=C(N)N)C(=O)N[C@@H](CCCN=C(N)N)C(=O)N[C@@H](CCCN=C(N)N)C(=O)N[C@@H](CCCNC(N)N)C(=O)N[C@@H](CCCN=C(N)N)C(=O)O. The Morgan fingerprint density at radius 2 is 0.485 bits per heavy atom. The molecule has 564 valence electrons. The second kappa shape index (κ2) is 52.1. The molecule has 9 atom stereocenters. The average Bonchev–Trinajstić information content (AvgIpc) is 0.873. The number of hydrogen-bond donors (Lipinski definition) is 29. The molecule has 47 N–H and O–H groups in total. The van der Waals surface area contributed by atoms with Crippen LogP contribution in [0.25, 0.3) is 0 Å². The summed E-state index contributed by atoms with van der Waals surface area (Å²) in [5.74, 6) is -10.3. The Balaban J connectivity index is 7.66. The maximum absolute atomic E-state index is 14.8. The molecule has 0 saturated carbocycles. The smallest absolute Gasteiger partial charge is 0.326 e. The quantitative estimate of drug-likeness (QED) is 0.0116. The number of amides is 8. The molecule has 0 aliphatic carbocycles. The number of carbonyl (C=O) groups is 9. The molecule has 0 aromatic heterocycles. The Morgan fingerprint density at radius 1 is 0.283 bits per heavy atom. The van der Waals surface area contributed by atoms with Crippen LogP contribution in [0.3, 0.4) is 0 Å². The van der Waals surface area contributed by atoms with E-state index in [1.807, 2.05) is 0 Å². The zero-order chi connectivity index (χ0) is 74.8. The van der Waals surface area contributed by atoms with Gasteiger partial charge in [0.2, 0.25) is 47.3 Å². The summed E-state index contributed by atoms with van der Waals surface area (Å²) in [6.07, 6.45) is -0.698. The van der Waals surface area contributed by atoms with Gasteiger partial charge in [-0.2, -0.15) is 0 Å². The van der Waals surface area contributed by atoms with Crippen molar-refractivity contribution in [2.75, 3.05) is 65.6 Å². The minimum atomic E-state index is -1.52. The minimum Gasteiger partial charge on any atom is -0.480 e. The predicted octanol–water partition coefficient (Wildman–Crippen LogP) is -13.5. The third kappa shape index (κ3) is 45.1. The van der Waals surface area contributed by atoms with Crippen molar-refractivity contribution in [3.8, 4) is 0 Å². The Hall–Kier alpha value is -10.1. The van der Waals surface area contributed by atoms with Crippen molar-refractivity contribution in [2.45, 2.75) is 176 Å². The van der Waals surface area contributed by atoms with Gasteiger partial charge in [0, 0.05) is 52.5 Å². The van der Waals surface area contributed by atoms with Gasteiger partial charge in [-0.25, -0.2) is 4.79 Å². The molecule has 45 nitrogen and oxygen atoms in total. The monoisotopic (exact) mass is 1410 g/mol. The van der Waals surface area contributed by atoms with E-state index >= 15 is 0 Å². The van der Waals surface area contributed by atoms with Gasteiger partial charge in [0.1, 0.15) is 54.6 Å². The Bertz CT molecular complexity index is 2690. The van der Waals surface area contributed by atoms with E-state index in [1.165, 1.54) is 0 Å². The van der Waals surface area contributed by atoms with Crippen LogP contribution in [0.2, 0.25) is 0 Å². The number of guanidine groups is 7. The number of rotatable bonds is 55. The molecule has 45 heteroatoms. The van der Waals surface area contributed by atoms with Gasteiger partial charge in [0.25, 0.3) is 0 Å². The largest absolute Gasteiger partial charge is 0.480 e. The van der Waals surface area contributed by atoms with E-state index in [2.05, 4.69) is 88.1 Å². The van der Waals surface area contributed by atoms with Gasteiger partial charge in [0.05, 0.1) is 6.04 Å². The van der Waals surface area contributed by atoms with Crippen LogP contribution in [0, 0.1) is 0 Å². The summed E-state index contributed by atoms with van der Waals surface area (Å²) in [5, 5.41) is 36.8. The average molecular weight is 1410 g/mol. The summed E-state index contributed by atoms with van der Waals surface area (Å²) in [7, 11) is 0. The fourth-order valence-electron chi connectivity index (χ4n) is 9.10. The zero-order valence-electron chi connectivity index (χ0n) is 56.2. The highest BCUT2D eigenvalue weighted by molar-refractivity contribution is 5.98. The van der Waals surface area contributed by atoms with E-state index in [0.717, 1.165) is 0 Å². The molecule has 0 aliphatic heterocycles. The summed E-state index contributed by atoms with van der Waals surface area (Å²) < 4.78 is 0. The van der Waals surface area contributed by atoms with Gasteiger partial charge in [-0.15, -0.1) is 0 Å². The number of carboxylic acid groups (broad SMARTS) is 1. The summed E-state index contributed by atoms with van der Waals surface area (Å²) in [5.41, 5.74) is 101. The molecule has 0 spiro atoms. The lowest BCUT2D eigenvalue weighted by molar-refractivity contribution is -0.142. The topological polar surface area (TPSA) is 849 Å². The van der Waals surface area contributed by atoms with E-state index < -0.39 is 114 Å². The molecule has 0 heterocycles. The minimum absolute atomic E-state index is 0.0146. The van der Waals surface area contributed by atoms with Gasteiger partial charge in [0.15, 0.2) is 41.7 Å². The number of nitrogens with zero attached hydrogens (tertiary/aromatic N) is 7. The molecular formula is C54H113N35O10. The number of aliphatic carboxylic acids is 1. The van der Waals surface area contributed by atoms with E-state index in [9.17, 15) is 48.3 Å². The third-order valence-electron chi connectivity index (χ3n) is 14.1. The summed E-state index contributed by atoms with van der Waals surface area (Å²) in [4.78, 5) is 155. The van der Waals surface area contributed by atoms with Gasteiger partial charge >= 0.3 is 5.97 Å². The first-order valence-corrected chi connectivity index (χ1v) is 32.2. The molecule has 0 aromatic rings. The maximum Gasteiger partial charge on any atom is 0.326 e. The van der Waals surface area contributed by atoms with E-state index in [4.69, 9.17) is 103 Å². The molecule has 99 heavy (non-hydrogen) atoms. The number of carboxylic acids is 1. The second-order valence-electron chi connectivity index (χ2n) is 22.5. The van der Waals surface area contributed by atoms with Crippen LogP contribution < -0.4 is 156 Å². The number of nitrogens with two attached hydrogens (primary N) is 18. The van der Waals surface area contributed by atoms with Gasteiger partial charge in [-0.1, -0.05) is 0 Å². The second-order valence-corrected chi connectivity index (χ2v) is 22.5. The highest BCUT2D eigenvalue weighted by atomic mass is 16.4. The number of carbonyl (C=O) groups excluding carboxylic acids is 8. The van der Waals surface area contributed by atoms with Crippen LogP contribution in [0.1, 0.15) is 116 Å². The van der Waals surface area contributed by atoms with Crippen LogP contribution in [0.4, 0.5) is 0 Å². The molecule has 0 unspecified atom stereocenters. The molecule has 0 rings (SSSR count). The van der Waals surface area contributed by atoms with Crippen LogP contribution in [0.15, 0.2) is 34.9 Å². The molecule has 8 amide bonds. The first-order chi connectivity index (χ1) is 46.8. The summed E-state index contributed by atoms with van der Waals surface area (Å²) >= 11 is 0. The Labute approximate surface area is 574 Å². The lowest BCUT2D eigenvalue weighted by Gasteiger charge is -2.28. The van der Waals surface area contributed by atoms with E-state index in [0.29, 0.717) is 6.42 Å². The van der Waals surface area contributed by atoms with Crippen molar-refractivity contribution in [1.82, 2.24) is 53.2 Å². The van der Waals surface area contributed by atoms with Crippen LogP contribution >= 0.6 is 0 Å². The Morgan fingerprint density at radius 3 is 0.707 bits per heavy atom. The Kier molecular flexibility index (Phi) is 46.7. The maximum atomic E-state index is 14.8. The van der Waals surface area contributed by atoms with Crippen molar-refractivity contribution >= 4 is 94.9 Å². The van der Waals surface area contributed by atoms with Crippen molar-refractivity contribution in [3.05, 3.63) is 0 Å². The highest BCUT2D eigenvalue weighted by Crippen LogP contribution is 2.12.